The van der Waals surface area contributed by atoms with E-state index in [0.29, 0.717) is 21.5 Å². The summed E-state index contributed by atoms with van der Waals surface area (Å²) < 4.78 is 1.28. The van der Waals surface area contributed by atoms with Crippen LogP contribution in [0, 0.1) is 0 Å². The molecule has 0 aliphatic carbocycles. The summed E-state index contributed by atoms with van der Waals surface area (Å²) in [6.07, 6.45) is 0. The number of amides is 3. The number of carbonyl (C=O) groups is 3. The lowest BCUT2D eigenvalue weighted by atomic mass is 10.2. The highest BCUT2D eigenvalue weighted by Crippen LogP contribution is 2.38. The van der Waals surface area contributed by atoms with E-state index in [9.17, 15) is 19.5 Å². The Bertz CT molecular complexity index is 1140. The molecule has 148 valence electrons. The molecule has 1 aromatic heterocycles. The van der Waals surface area contributed by atoms with E-state index in [1.54, 1.807) is 42.5 Å². The average molecular weight is 414 g/mol. The molecule has 0 atom stereocenters. The lowest BCUT2D eigenvalue weighted by molar-refractivity contribution is -0.119. The van der Waals surface area contributed by atoms with E-state index in [2.05, 4.69) is 15.5 Å². The van der Waals surface area contributed by atoms with Crippen LogP contribution in [0.5, 0.6) is 5.88 Å². The summed E-state index contributed by atoms with van der Waals surface area (Å²) in [6.45, 7) is -0.652. The van der Waals surface area contributed by atoms with Gasteiger partial charge in [0.1, 0.15) is 13.1 Å². The molecule has 4 N–H and O–H groups in total. The first kappa shape index (κ1) is 20.0. The van der Waals surface area contributed by atoms with E-state index in [4.69, 9.17) is 17.3 Å². The zero-order chi connectivity index (χ0) is 21.0. The summed E-state index contributed by atoms with van der Waals surface area (Å²) in [5.74, 6) is -2.21. The first-order chi connectivity index (χ1) is 13.9. The van der Waals surface area contributed by atoms with Crippen molar-refractivity contribution in [2.75, 3.05) is 6.54 Å². The number of nitrogens with zero attached hydrogens (tertiary/aromatic N) is 3. The van der Waals surface area contributed by atoms with Crippen LogP contribution in [0.4, 0.5) is 5.69 Å². The second-order valence-electron chi connectivity index (χ2n) is 6.03. The number of aromatic nitrogens is 1. The maximum Gasteiger partial charge on any atom is 0.283 e. The van der Waals surface area contributed by atoms with Crippen molar-refractivity contribution in [2.45, 2.75) is 6.54 Å². The topological polar surface area (TPSA) is 139 Å². The maximum absolute atomic E-state index is 12.0. The number of hydrogen-bond acceptors (Lipinski definition) is 5. The number of fused-ring (bicyclic) bond motifs is 1. The first-order valence-electron chi connectivity index (χ1n) is 8.43. The fourth-order valence-electron chi connectivity index (χ4n) is 2.71. The Balaban J connectivity index is 1.75. The predicted molar refractivity (Wildman–Crippen MR) is 106 cm³/mol. The van der Waals surface area contributed by atoms with Gasteiger partial charge in [0.15, 0.2) is 5.69 Å². The van der Waals surface area contributed by atoms with Crippen molar-refractivity contribution < 1.29 is 19.5 Å². The van der Waals surface area contributed by atoms with E-state index < -0.39 is 24.3 Å². The number of halogens is 1. The van der Waals surface area contributed by atoms with Crippen molar-refractivity contribution in [1.29, 1.82) is 0 Å². The van der Waals surface area contributed by atoms with Crippen LogP contribution in [0.15, 0.2) is 58.8 Å². The zero-order valence-corrected chi connectivity index (χ0v) is 15.8. The number of rotatable bonds is 6. The highest BCUT2D eigenvalue weighted by atomic mass is 35.5. The highest BCUT2D eigenvalue weighted by molar-refractivity contribution is 6.31. The van der Waals surface area contributed by atoms with E-state index in [-0.39, 0.29) is 18.1 Å². The summed E-state index contributed by atoms with van der Waals surface area (Å²) >= 11 is 5.83. The van der Waals surface area contributed by atoms with Crippen molar-refractivity contribution in [2.24, 2.45) is 16.0 Å². The molecule has 2 aromatic carbocycles. The monoisotopic (exact) mass is 413 g/mol. The smallest absolute Gasteiger partial charge is 0.283 e. The Morgan fingerprint density at radius 3 is 2.62 bits per heavy atom. The Hall–Kier alpha value is -3.72. The second kappa shape index (κ2) is 8.53. The third kappa shape index (κ3) is 4.58. The summed E-state index contributed by atoms with van der Waals surface area (Å²) in [5, 5.41) is 21.0. The van der Waals surface area contributed by atoms with Crippen molar-refractivity contribution in [3.63, 3.8) is 0 Å². The van der Waals surface area contributed by atoms with Gasteiger partial charge < -0.3 is 20.7 Å². The largest absolute Gasteiger partial charge is 0.493 e. The van der Waals surface area contributed by atoms with Gasteiger partial charge in [0.05, 0.1) is 5.52 Å². The molecule has 0 unspecified atom stereocenters. The molecule has 1 heterocycles. The van der Waals surface area contributed by atoms with Gasteiger partial charge in [-0.2, -0.15) is 0 Å². The summed E-state index contributed by atoms with van der Waals surface area (Å²) in [7, 11) is 0. The normalized spacial score (nSPS) is 11.1. The number of nitrogens with two attached hydrogens (primary N) is 1. The van der Waals surface area contributed by atoms with Crippen LogP contribution in [-0.4, -0.2) is 33.9 Å². The fraction of sp³-hybridized carbons (Fsp3) is 0.105. The number of primary amides is 1. The van der Waals surface area contributed by atoms with Gasteiger partial charge in [0.2, 0.25) is 11.8 Å². The molecule has 0 bridgehead atoms. The van der Waals surface area contributed by atoms with Crippen molar-refractivity contribution in [3.8, 4) is 5.88 Å². The van der Waals surface area contributed by atoms with Crippen molar-refractivity contribution >= 4 is 45.9 Å². The number of benzene rings is 2. The quantitative estimate of drug-likeness (QED) is 0.534. The lowest BCUT2D eigenvalue weighted by Gasteiger charge is -2.03. The van der Waals surface area contributed by atoms with Crippen LogP contribution in [-0.2, 0) is 16.1 Å². The Kier molecular flexibility index (Phi) is 5.89. The maximum atomic E-state index is 12.0. The van der Waals surface area contributed by atoms with Gasteiger partial charge >= 0.3 is 0 Å². The van der Waals surface area contributed by atoms with Crippen LogP contribution in [0.1, 0.15) is 10.4 Å². The van der Waals surface area contributed by atoms with Crippen LogP contribution < -0.4 is 11.1 Å². The molecule has 0 fully saturated rings. The highest BCUT2D eigenvalue weighted by Gasteiger charge is 2.18. The molecule has 0 radical (unpaired) electrons. The molecule has 0 saturated carbocycles. The fourth-order valence-corrected chi connectivity index (χ4v) is 2.91. The summed E-state index contributed by atoms with van der Waals surface area (Å²) in [5.41, 5.74) is 6.05. The molecule has 0 aliphatic rings. The Labute approximate surface area is 169 Å². The average Bonchev–Trinajstić information content (AvgIpc) is 2.95. The lowest BCUT2D eigenvalue weighted by Crippen LogP contribution is -2.28. The summed E-state index contributed by atoms with van der Waals surface area (Å²) in [4.78, 5) is 35.3. The Morgan fingerprint density at radius 1 is 1.14 bits per heavy atom. The SMILES string of the molecule is NC(=O)Cn1c(O)c(N=NC(=O)CNC(=O)c2cccc(Cl)c2)c2ccccc21. The minimum absolute atomic E-state index is 0.0244. The number of carbonyl (C=O) groups excluding carboxylic acids is 3. The zero-order valence-electron chi connectivity index (χ0n) is 15.0. The number of aromatic hydroxyl groups is 1. The molecule has 29 heavy (non-hydrogen) atoms. The minimum atomic E-state index is -0.730. The molecule has 0 aliphatic heterocycles. The Morgan fingerprint density at radius 2 is 1.90 bits per heavy atom. The van der Waals surface area contributed by atoms with Crippen molar-refractivity contribution in [1.82, 2.24) is 9.88 Å². The van der Waals surface area contributed by atoms with Crippen LogP contribution >= 0.6 is 11.6 Å². The number of nitrogens with one attached hydrogen (secondary N) is 1. The van der Waals surface area contributed by atoms with Gasteiger partial charge in [-0.25, -0.2) is 0 Å². The molecule has 9 nitrogen and oxygen atoms in total. The van der Waals surface area contributed by atoms with Crippen LogP contribution in [0.25, 0.3) is 10.9 Å². The van der Waals surface area contributed by atoms with Crippen molar-refractivity contribution in [3.05, 3.63) is 59.1 Å². The van der Waals surface area contributed by atoms with Gasteiger partial charge in [-0.15, -0.1) is 10.2 Å². The molecule has 10 heteroatoms. The standard InChI is InChI=1S/C19H16ClN5O4/c20-12-5-3-4-11(8-12)18(28)22-9-16(27)23-24-17-13-6-1-2-7-14(13)25(19(17)29)10-15(21)26/h1-8,29H,9-10H2,(H2,21,26)(H,22,28). The van der Waals surface area contributed by atoms with Gasteiger partial charge in [0.25, 0.3) is 11.8 Å². The van der Waals surface area contributed by atoms with Crippen LogP contribution in [0.3, 0.4) is 0 Å². The second-order valence-corrected chi connectivity index (χ2v) is 6.47. The minimum Gasteiger partial charge on any atom is -0.493 e. The molecule has 3 rings (SSSR count). The van der Waals surface area contributed by atoms with E-state index in [1.165, 1.54) is 10.6 Å². The molecule has 3 amide bonds. The molecule has 0 saturated heterocycles. The molecular formula is C19H16ClN5O4. The van der Waals surface area contributed by atoms with E-state index in [0.717, 1.165) is 0 Å². The molecule has 3 aromatic rings. The third-order valence-electron chi connectivity index (χ3n) is 3.98. The third-order valence-corrected chi connectivity index (χ3v) is 4.21. The molecule has 0 spiro atoms. The molecular weight excluding hydrogens is 398 g/mol. The van der Waals surface area contributed by atoms with Gasteiger partial charge in [-0.3, -0.25) is 14.4 Å². The number of hydrogen-bond donors (Lipinski definition) is 3. The van der Waals surface area contributed by atoms with Gasteiger partial charge in [-0.1, -0.05) is 35.9 Å². The first-order valence-corrected chi connectivity index (χ1v) is 8.81. The van der Waals surface area contributed by atoms with E-state index in [1.807, 2.05) is 0 Å². The van der Waals surface area contributed by atoms with E-state index >= 15 is 0 Å². The number of azo groups is 1. The summed E-state index contributed by atoms with van der Waals surface area (Å²) in [6, 6.07) is 13.0. The van der Waals surface area contributed by atoms with Crippen LogP contribution in [0.2, 0.25) is 5.02 Å². The predicted octanol–water partition coefficient (Wildman–Crippen LogP) is 2.53. The van der Waals surface area contributed by atoms with Gasteiger partial charge in [-0.05, 0) is 24.3 Å². The number of para-hydroxylation sites is 1. The van der Waals surface area contributed by atoms with Gasteiger partial charge in [0, 0.05) is 16.0 Å².